The summed E-state index contributed by atoms with van der Waals surface area (Å²) in [5.74, 6) is -1.89. The highest BCUT2D eigenvalue weighted by Crippen LogP contribution is 2.49. The molecule has 2 aromatic carbocycles. The number of likely N-dealkylation sites (tertiary alicyclic amines) is 1. The number of hydrogen-bond acceptors (Lipinski definition) is 6. The first kappa shape index (κ1) is 26.3. The van der Waals surface area contributed by atoms with Crippen LogP contribution in [-0.2, 0) is 25.5 Å². The van der Waals surface area contributed by atoms with E-state index in [0.717, 1.165) is 5.56 Å². The summed E-state index contributed by atoms with van der Waals surface area (Å²) in [7, 11) is 1.44. The Kier molecular flexibility index (Phi) is 8.27. The van der Waals surface area contributed by atoms with Gasteiger partial charge in [-0.05, 0) is 23.5 Å². The van der Waals surface area contributed by atoms with Gasteiger partial charge in [0, 0.05) is 18.5 Å². The lowest BCUT2D eigenvalue weighted by Gasteiger charge is -2.34. The van der Waals surface area contributed by atoms with Crippen LogP contribution in [0.25, 0.3) is 0 Å². The van der Waals surface area contributed by atoms with Crippen molar-refractivity contribution in [1.29, 1.82) is 0 Å². The van der Waals surface area contributed by atoms with Crippen LogP contribution in [0.1, 0.15) is 44.9 Å². The fourth-order valence-electron chi connectivity index (χ4n) is 5.16. The highest BCUT2D eigenvalue weighted by Gasteiger charge is 2.64. The summed E-state index contributed by atoms with van der Waals surface area (Å²) in [5, 5.41) is 12.6. The third-order valence-corrected chi connectivity index (χ3v) is 6.62. The fraction of sp³-hybridized carbons (Fsp3) is 0.481. The number of nitrogens with zero attached hydrogens (tertiary/aromatic N) is 2. The van der Waals surface area contributed by atoms with Gasteiger partial charge in [-0.25, -0.2) is 4.79 Å². The molecule has 1 saturated heterocycles. The summed E-state index contributed by atoms with van der Waals surface area (Å²) in [5.41, 5.74) is 0.811. The van der Waals surface area contributed by atoms with Gasteiger partial charge in [-0.1, -0.05) is 81.4 Å². The van der Waals surface area contributed by atoms with Gasteiger partial charge in [0.2, 0.25) is 6.04 Å². The van der Waals surface area contributed by atoms with Crippen molar-refractivity contribution < 1.29 is 24.0 Å². The number of carbonyl (C=O) groups is 2. The van der Waals surface area contributed by atoms with Crippen molar-refractivity contribution in [3.05, 3.63) is 81.9 Å². The highest BCUT2D eigenvalue weighted by molar-refractivity contribution is 5.89. The van der Waals surface area contributed by atoms with Gasteiger partial charge in [0.05, 0.1) is 12.5 Å². The van der Waals surface area contributed by atoms with Crippen LogP contribution in [0.2, 0.25) is 0 Å². The third-order valence-electron chi connectivity index (χ3n) is 6.62. The Hall–Kier alpha value is -3.26. The number of rotatable bonds is 8. The van der Waals surface area contributed by atoms with Gasteiger partial charge in [-0.15, -0.1) is 0 Å². The van der Waals surface area contributed by atoms with Crippen molar-refractivity contribution >= 4 is 11.9 Å². The molecule has 3 rings (SSSR count). The molecule has 0 saturated carbocycles. The van der Waals surface area contributed by atoms with Crippen LogP contribution >= 0.6 is 0 Å². The molecule has 0 aromatic heterocycles. The molecule has 0 bridgehead atoms. The Balaban J connectivity index is 2.18. The second kappa shape index (κ2) is 11.0. The third kappa shape index (κ3) is 5.53. The molecule has 1 amide bonds. The first-order valence-corrected chi connectivity index (χ1v) is 11.9. The van der Waals surface area contributed by atoms with E-state index in [0.29, 0.717) is 5.56 Å². The van der Waals surface area contributed by atoms with Gasteiger partial charge in [-0.2, -0.15) is 0 Å². The number of nitro groups is 1. The zero-order valence-corrected chi connectivity index (χ0v) is 20.9. The monoisotopic (exact) mass is 482 g/mol. The Labute approximate surface area is 206 Å². The molecule has 8 heteroatoms. The first-order valence-electron chi connectivity index (χ1n) is 11.9. The van der Waals surface area contributed by atoms with Gasteiger partial charge >= 0.3 is 5.97 Å². The summed E-state index contributed by atoms with van der Waals surface area (Å²) in [6.07, 6.45) is -0.654. The van der Waals surface area contributed by atoms with E-state index in [1.165, 1.54) is 12.0 Å². The molecule has 8 nitrogen and oxygen atoms in total. The number of carbonyl (C=O) groups excluding carboxylic acids is 2. The van der Waals surface area contributed by atoms with Crippen molar-refractivity contribution in [1.82, 2.24) is 4.90 Å². The molecule has 0 unspecified atom stereocenters. The zero-order valence-electron chi connectivity index (χ0n) is 20.9. The van der Waals surface area contributed by atoms with Crippen molar-refractivity contribution in [3.63, 3.8) is 0 Å². The largest absolute Gasteiger partial charge is 0.464 e. The van der Waals surface area contributed by atoms with Crippen molar-refractivity contribution in [3.8, 4) is 0 Å². The van der Waals surface area contributed by atoms with Gasteiger partial charge in [0.25, 0.3) is 5.91 Å². The first-order chi connectivity index (χ1) is 16.6. The minimum absolute atomic E-state index is 0.102. The van der Waals surface area contributed by atoms with E-state index in [2.05, 4.69) is 0 Å². The van der Waals surface area contributed by atoms with E-state index in [4.69, 9.17) is 9.47 Å². The SMILES string of the molecule is CCOC(=O)[C@@H]1[C@@H](C(C)(C)C)[C@H]([N+](=O)[O-])[C@H](c2ccccc2)N1C(=O)[C@@H](Cc1ccccc1)OC. The summed E-state index contributed by atoms with van der Waals surface area (Å²) in [6.45, 7) is 7.35. The number of esters is 1. The van der Waals surface area contributed by atoms with Gasteiger partial charge < -0.3 is 14.4 Å². The molecular weight excluding hydrogens is 448 g/mol. The van der Waals surface area contributed by atoms with Crippen LogP contribution < -0.4 is 0 Å². The molecule has 35 heavy (non-hydrogen) atoms. The summed E-state index contributed by atoms with van der Waals surface area (Å²) in [6, 6.07) is 15.0. The second-order valence-corrected chi connectivity index (χ2v) is 9.88. The molecule has 0 N–H and O–H groups in total. The molecule has 1 heterocycles. The molecule has 1 aliphatic rings. The zero-order chi connectivity index (χ0) is 25.8. The molecule has 5 atom stereocenters. The predicted octanol–water partition coefficient (Wildman–Crippen LogP) is 4.07. The van der Waals surface area contributed by atoms with Crippen LogP contribution in [0.15, 0.2) is 60.7 Å². The van der Waals surface area contributed by atoms with Crippen LogP contribution in [0.5, 0.6) is 0 Å². The molecule has 0 radical (unpaired) electrons. The Bertz CT molecular complexity index is 1020. The van der Waals surface area contributed by atoms with Gasteiger partial charge in [0.1, 0.15) is 18.2 Å². The minimum atomic E-state index is -1.20. The van der Waals surface area contributed by atoms with Gasteiger partial charge in [0.15, 0.2) is 0 Å². The molecule has 2 aromatic rings. The van der Waals surface area contributed by atoms with E-state index in [1.54, 1.807) is 31.2 Å². The molecular formula is C27H34N2O6. The average Bonchev–Trinajstić information content (AvgIpc) is 3.21. The number of methoxy groups -OCH3 is 1. The minimum Gasteiger partial charge on any atom is -0.464 e. The van der Waals surface area contributed by atoms with Crippen LogP contribution in [-0.4, -0.2) is 53.6 Å². The van der Waals surface area contributed by atoms with E-state index in [1.807, 2.05) is 57.2 Å². The summed E-state index contributed by atoms with van der Waals surface area (Å²) in [4.78, 5) is 41.0. The smallest absolute Gasteiger partial charge is 0.329 e. The normalized spacial score (nSPS) is 23.1. The summed E-state index contributed by atoms with van der Waals surface area (Å²) < 4.78 is 11.0. The molecule has 0 aliphatic carbocycles. The fourth-order valence-corrected chi connectivity index (χ4v) is 5.16. The van der Waals surface area contributed by atoms with E-state index < -0.39 is 47.4 Å². The summed E-state index contributed by atoms with van der Waals surface area (Å²) >= 11 is 0. The predicted molar refractivity (Wildman–Crippen MR) is 131 cm³/mol. The van der Waals surface area contributed by atoms with E-state index >= 15 is 0 Å². The Morgan fingerprint density at radius 3 is 2.11 bits per heavy atom. The number of ether oxygens (including phenoxy) is 2. The maximum absolute atomic E-state index is 14.1. The lowest BCUT2D eigenvalue weighted by molar-refractivity contribution is -0.536. The van der Waals surface area contributed by atoms with Crippen LogP contribution in [0.4, 0.5) is 0 Å². The lowest BCUT2D eigenvalue weighted by atomic mass is 9.73. The average molecular weight is 483 g/mol. The standard InChI is InChI=1S/C27H34N2O6/c1-6-35-26(31)24-21(27(2,3)4)23(29(32)33)22(19-15-11-8-12-16-19)28(24)25(30)20(34-5)17-18-13-9-7-10-14-18/h7-16,20-24H,6,17H2,1-5H3/t20-,21+,22+,23+,24+/m1/s1. The van der Waals surface area contributed by atoms with Crippen molar-refractivity contribution in [2.75, 3.05) is 13.7 Å². The maximum atomic E-state index is 14.1. The van der Waals surface area contributed by atoms with Crippen LogP contribution in [0, 0.1) is 21.4 Å². The molecule has 1 fully saturated rings. The number of benzene rings is 2. The molecule has 188 valence electrons. The van der Waals surface area contributed by atoms with Crippen LogP contribution in [0.3, 0.4) is 0 Å². The van der Waals surface area contributed by atoms with Gasteiger partial charge in [-0.3, -0.25) is 14.9 Å². The Morgan fingerprint density at radius 2 is 1.63 bits per heavy atom. The Morgan fingerprint density at radius 1 is 1.06 bits per heavy atom. The maximum Gasteiger partial charge on any atom is 0.329 e. The topological polar surface area (TPSA) is 99.0 Å². The number of amides is 1. The quantitative estimate of drug-likeness (QED) is 0.320. The van der Waals surface area contributed by atoms with E-state index in [9.17, 15) is 19.7 Å². The number of hydrogen-bond donors (Lipinski definition) is 0. The second-order valence-electron chi connectivity index (χ2n) is 9.88. The molecule has 0 spiro atoms. The van der Waals surface area contributed by atoms with Crippen molar-refractivity contribution in [2.45, 2.75) is 58.3 Å². The lowest BCUT2D eigenvalue weighted by Crippen LogP contribution is -2.51. The highest BCUT2D eigenvalue weighted by atomic mass is 16.6. The molecule has 1 aliphatic heterocycles. The van der Waals surface area contributed by atoms with Crippen molar-refractivity contribution in [2.24, 2.45) is 11.3 Å². The van der Waals surface area contributed by atoms with E-state index in [-0.39, 0.29) is 18.0 Å².